The molecule has 120 valence electrons. The number of pyridine rings is 1. The summed E-state index contributed by atoms with van der Waals surface area (Å²) in [5, 5.41) is 0. The van der Waals surface area contributed by atoms with Crippen LogP contribution in [0.3, 0.4) is 0 Å². The van der Waals surface area contributed by atoms with E-state index in [1.165, 1.54) is 44.1 Å². The van der Waals surface area contributed by atoms with Crippen LogP contribution >= 0.6 is 0 Å². The molecular weight excluding hydrogens is 361 g/mol. The minimum absolute atomic E-state index is 0.831. The van der Waals surface area contributed by atoms with E-state index < -0.39 is 18.4 Å². The third kappa shape index (κ3) is 5.92. The minimum atomic E-state index is -2.12. The molecule has 1 heterocycles. The second kappa shape index (κ2) is 10.6. The molecule has 1 rings (SSSR count). The summed E-state index contributed by atoms with van der Waals surface area (Å²) in [6, 6.07) is 4.45. The van der Waals surface area contributed by atoms with Crippen LogP contribution in [0.1, 0.15) is 75.7 Å². The van der Waals surface area contributed by atoms with Gasteiger partial charge in [0.15, 0.2) is 0 Å². The Labute approximate surface area is 136 Å². The van der Waals surface area contributed by atoms with Crippen LogP contribution < -0.4 is 0 Å². The third-order valence-corrected chi connectivity index (χ3v) is 22.9. The fraction of sp³-hybridized carbons (Fsp3) is 0.737. The van der Waals surface area contributed by atoms with Gasteiger partial charge < -0.3 is 0 Å². The molecule has 1 aromatic rings. The molecule has 0 aliphatic rings. The Balaban J connectivity index is 2.99. The molecule has 1 atom stereocenters. The summed E-state index contributed by atoms with van der Waals surface area (Å²) in [5.41, 5.74) is 1.52. The average molecular weight is 396 g/mol. The van der Waals surface area contributed by atoms with Crippen LogP contribution in [0.25, 0.3) is 0 Å². The van der Waals surface area contributed by atoms with Gasteiger partial charge in [-0.1, -0.05) is 0 Å². The van der Waals surface area contributed by atoms with Crippen LogP contribution in [-0.2, 0) is 0 Å². The SMILES string of the molecule is CCC[CH2][Sn]([CH2]CCC)([CH2]CCC)[CH](C)c1cccnc1. The van der Waals surface area contributed by atoms with Gasteiger partial charge in [0.2, 0.25) is 0 Å². The van der Waals surface area contributed by atoms with Gasteiger partial charge in [-0.2, -0.15) is 0 Å². The fourth-order valence-corrected chi connectivity index (χ4v) is 21.0. The van der Waals surface area contributed by atoms with Crippen molar-refractivity contribution in [3.8, 4) is 0 Å². The van der Waals surface area contributed by atoms with Crippen molar-refractivity contribution in [2.24, 2.45) is 0 Å². The molecule has 0 saturated carbocycles. The first-order valence-electron chi connectivity index (χ1n) is 9.10. The number of hydrogen-bond acceptors (Lipinski definition) is 1. The molecule has 0 bridgehead atoms. The quantitative estimate of drug-likeness (QED) is 0.386. The Morgan fingerprint density at radius 2 is 1.48 bits per heavy atom. The first kappa shape index (κ1) is 19.0. The topological polar surface area (TPSA) is 12.9 Å². The molecule has 0 aliphatic carbocycles. The summed E-state index contributed by atoms with van der Waals surface area (Å²) in [7, 11) is 0. The zero-order valence-electron chi connectivity index (χ0n) is 14.7. The molecule has 1 unspecified atom stereocenters. The molecule has 0 radical (unpaired) electrons. The van der Waals surface area contributed by atoms with Crippen molar-refractivity contribution in [3.05, 3.63) is 30.1 Å². The normalized spacial score (nSPS) is 13.3. The number of rotatable bonds is 11. The third-order valence-electron chi connectivity index (χ3n) is 5.19. The molecule has 2 heteroatoms. The molecule has 0 spiro atoms. The molecular formula is C19H35NSn. The van der Waals surface area contributed by atoms with E-state index in [2.05, 4.69) is 51.0 Å². The first-order valence-corrected chi connectivity index (χ1v) is 16.8. The van der Waals surface area contributed by atoms with Gasteiger partial charge in [-0.15, -0.1) is 0 Å². The van der Waals surface area contributed by atoms with Crippen LogP contribution in [0.2, 0.25) is 13.3 Å². The van der Waals surface area contributed by atoms with Gasteiger partial charge in [0, 0.05) is 0 Å². The Morgan fingerprint density at radius 3 is 1.86 bits per heavy atom. The van der Waals surface area contributed by atoms with Crippen LogP contribution in [-0.4, -0.2) is 23.4 Å². The van der Waals surface area contributed by atoms with E-state index in [4.69, 9.17) is 0 Å². The summed E-state index contributed by atoms with van der Waals surface area (Å²) in [6.07, 6.45) is 12.5. The molecule has 0 amide bonds. The summed E-state index contributed by atoms with van der Waals surface area (Å²) in [6.45, 7) is 9.59. The van der Waals surface area contributed by atoms with Crippen molar-refractivity contribution in [2.75, 3.05) is 0 Å². The zero-order valence-corrected chi connectivity index (χ0v) is 17.6. The number of aromatic nitrogens is 1. The fourth-order valence-electron chi connectivity index (χ4n) is 3.60. The molecule has 0 aliphatic heterocycles. The summed E-state index contributed by atoms with van der Waals surface area (Å²) >= 11 is -2.12. The number of hydrogen-bond donors (Lipinski definition) is 0. The second-order valence-electron chi connectivity index (χ2n) is 6.68. The maximum atomic E-state index is 4.39. The second-order valence-corrected chi connectivity index (χ2v) is 21.2. The van der Waals surface area contributed by atoms with Gasteiger partial charge in [0.1, 0.15) is 0 Å². The van der Waals surface area contributed by atoms with Gasteiger partial charge in [-0.25, -0.2) is 0 Å². The molecule has 1 aromatic heterocycles. The van der Waals surface area contributed by atoms with Gasteiger partial charge in [0.25, 0.3) is 0 Å². The zero-order chi connectivity index (χ0) is 15.6. The molecule has 0 fully saturated rings. The van der Waals surface area contributed by atoms with E-state index in [1.807, 2.05) is 6.20 Å². The van der Waals surface area contributed by atoms with E-state index in [9.17, 15) is 0 Å². The van der Waals surface area contributed by atoms with Crippen molar-refractivity contribution < 1.29 is 0 Å². The van der Waals surface area contributed by atoms with Crippen LogP contribution in [0.5, 0.6) is 0 Å². The molecule has 0 saturated heterocycles. The standard InChI is InChI=1S/C7H8N.3C4H9.Sn/c1-2-7-4-3-5-8-6-7;3*1-3-4-2;/h2-6H,1H3;3*1,3-4H2,2H3;. The van der Waals surface area contributed by atoms with E-state index in [-0.39, 0.29) is 0 Å². The average Bonchev–Trinajstić information content (AvgIpc) is 2.55. The van der Waals surface area contributed by atoms with E-state index in [0.29, 0.717) is 0 Å². The first-order chi connectivity index (χ1) is 10.2. The maximum absolute atomic E-state index is 4.39. The predicted octanol–water partition coefficient (Wildman–Crippen LogP) is 6.57. The summed E-state index contributed by atoms with van der Waals surface area (Å²) in [4.78, 5) is 4.39. The van der Waals surface area contributed by atoms with E-state index in [0.717, 1.165) is 3.93 Å². The van der Waals surface area contributed by atoms with E-state index >= 15 is 0 Å². The molecule has 0 aromatic carbocycles. The van der Waals surface area contributed by atoms with Crippen molar-refractivity contribution in [2.45, 2.75) is 83.5 Å². The van der Waals surface area contributed by atoms with Crippen LogP contribution in [0.4, 0.5) is 0 Å². The molecule has 1 nitrogen and oxygen atoms in total. The number of unbranched alkanes of at least 4 members (excludes halogenated alkanes) is 3. The Hall–Kier alpha value is -0.0513. The Morgan fingerprint density at radius 1 is 0.952 bits per heavy atom. The van der Waals surface area contributed by atoms with E-state index in [1.54, 1.807) is 13.3 Å². The van der Waals surface area contributed by atoms with Crippen LogP contribution in [0, 0.1) is 0 Å². The van der Waals surface area contributed by atoms with Crippen molar-refractivity contribution >= 4 is 18.4 Å². The summed E-state index contributed by atoms with van der Waals surface area (Å²) in [5.74, 6) is 0. The van der Waals surface area contributed by atoms with Gasteiger partial charge in [-0.05, 0) is 0 Å². The summed E-state index contributed by atoms with van der Waals surface area (Å²) < 4.78 is 5.58. The van der Waals surface area contributed by atoms with Gasteiger partial charge in [-0.3, -0.25) is 0 Å². The Kier molecular flexibility index (Phi) is 9.62. The number of nitrogens with zero attached hydrogens (tertiary/aromatic N) is 1. The van der Waals surface area contributed by atoms with Crippen molar-refractivity contribution in [1.82, 2.24) is 4.98 Å². The molecule has 21 heavy (non-hydrogen) atoms. The van der Waals surface area contributed by atoms with Gasteiger partial charge in [0.05, 0.1) is 0 Å². The van der Waals surface area contributed by atoms with Gasteiger partial charge >= 0.3 is 137 Å². The predicted molar refractivity (Wildman–Crippen MR) is 97.6 cm³/mol. The van der Waals surface area contributed by atoms with Crippen molar-refractivity contribution in [3.63, 3.8) is 0 Å². The van der Waals surface area contributed by atoms with Crippen LogP contribution in [0.15, 0.2) is 24.5 Å². The van der Waals surface area contributed by atoms with Crippen molar-refractivity contribution in [1.29, 1.82) is 0 Å². The molecule has 0 N–H and O–H groups in total. The Bertz CT molecular complexity index is 341. The monoisotopic (exact) mass is 397 g/mol.